The third kappa shape index (κ3) is 3.71. The molecule has 2 N–H and O–H groups in total. The van der Waals surface area contributed by atoms with Crippen LogP contribution in [0.4, 0.5) is 4.39 Å². The standard InChI is InChI=1S/C24H22FN3O2/c1-14-20(11-17(24(27)29)12-21(14)25)15-5-7-18(8-6-15)30-22-9-10-28-23-16(13-26)3-2-4-19(22)23/h2-4,9-12,15,18H,5-8H2,1H3,(H2,27,29). The Kier molecular flexibility index (Phi) is 5.37. The molecule has 0 spiro atoms. The minimum Gasteiger partial charge on any atom is -0.490 e. The molecule has 6 heteroatoms. The van der Waals surface area contributed by atoms with Gasteiger partial charge >= 0.3 is 0 Å². The Bertz CT molecular complexity index is 1160. The molecule has 1 saturated carbocycles. The summed E-state index contributed by atoms with van der Waals surface area (Å²) in [7, 11) is 0. The molecule has 4 rings (SSSR count). The van der Waals surface area contributed by atoms with Gasteiger partial charge in [-0.25, -0.2) is 4.39 Å². The monoisotopic (exact) mass is 403 g/mol. The van der Waals surface area contributed by atoms with Crippen molar-refractivity contribution in [3.8, 4) is 11.8 Å². The Hall–Kier alpha value is -3.46. The Morgan fingerprint density at radius 2 is 2.00 bits per heavy atom. The number of carbonyl (C=O) groups is 1. The van der Waals surface area contributed by atoms with Gasteiger partial charge in [0.05, 0.1) is 17.2 Å². The summed E-state index contributed by atoms with van der Waals surface area (Å²) >= 11 is 0. The first-order valence-electron chi connectivity index (χ1n) is 10.0. The maximum Gasteiger partial charge on any atom is 0.248 e. The van der Waals surface area contributed by atoms with Crippen molar-refractivity contribution in [2.45, 2.75) is 44.6 Å². The first-order chi connectivity index (χ1) is 14.5. The molecule has 1 fully saturated rings. The van der Waals surface area contributed by atoms with Crippen molar-refractivity contribution < 1.29 is 13.9 Å². The molecule has 152 valence electrons. The van der Waals surface area contributed by atoms with Gasteiger partial charge in [0.15, 0.2) is 0 Å². The highest BCUT2D eigenvalue weighted by molar-refractivity contribution is 5.93. The Labute approximate surface area is 174 Å². The predicted molar refractivity (Wildman–Crippen MR) is 112 cm³/mol. The predicted octanol–water partition coefficient (Wildman–Crippen LogP) is 4.76. The molecule has 0 atom stereocenters. The molecule has 1 aliphatic carbocycles. The van der Waals surface area contributed by atoms with Crippen LogP contribution in [0.5, 0.6) is 5.75 Å². The molecule has 1 aromatic heterocycles. The van der Waals surface area contributed by atoms with Crippen molar-refractivity contribution in [3.05, 3.63) is 70.7 Å². The topological polar surface area (TPSA) is 89.0 Å². The minimum atomic E-state index is -0.617. The number of aromatic nitrogens is 1. The fourth-order valence-corrected chi connectivity index (χ4v) is 4.28. The molecule has 5 nitrogen and oxygen atoms in total. The van der Waals surface area contributed by atoms with Crippen molar-refractivity contribution in [3.63, 3.8) is 0 Å². The zero-order valence-corrected chi connectivity index (χ0v) is 16.7. The highest BCUT2D eigenvalue weighted by Gasteiger charge is 2.26. The highest BCUT2D eigenvalue weighted by Crippen LogP contribution is 2.38. The van der Waals surface area contributed by atoms with Crippen LogP contribution in [0.2, 0.25) is 0 Å². The van der Waals surface area contributed by atoms with E-state index >= 15 is 0 Å². The van der Waals surface area contributed by atoms with Gasteiger partial charge in [-0.1, -0.05) is 6.07 Å². The number of primary amides is 1. The molecule has 0 radical (unpaired) electrons. The van der Waals surface area contributed by atoms with Gasteiger partial charge in [-0.15, -0.1) is 0 Å². The third-order valence-corrected chi connectivity index (χ3v) is 5.93. The van der Waals surface area contributed by atoms with Crippen molar-refractivity contribution in [2.75, 3.05) is 0 Å². The lowest BCUT2D eigenvalue weighted by Crippen LogP contribution is -2.24. The Morgan fingerprint density at radius 1 is 1.23 bits per heavy atom. The summed E-state index contributed by atoms with van der Waals surface area (Å²) in [6, 6.07) is 12.4. The number of ether oxygens (including phenoxy) is 1. The van der Waals surface area contributed by atoms with Crippen molar-refractivity contribution in [1.82, 2.24) is 4.98 Å². The van der Waals surface area contributed by atoms with E-state index in [-0.39, 0.29) is 17.6 Å². The van der Waals surface area contributed by atoms with Crippen molar-refractivity contribution in [1.29, 1.82) is 5.26 Å². The second-order valence-corrected chi connectivity index (χ2v) is 7.75. The number of hydrogen-bond acceptors (Lipinski definition) is 4. The quantitative estimate of drug-likeness (QED) is 0.680. The molecular formula is C24H22FN3O2. The number of nitrogens with two attached hydrogens (primary N) is 1. The molecule has 3 aromatic rings. The number of benzene rings is 2. The fraction of sp³-hybridized carbons (Fsp3) is 0.292. The van der Waals surface area contributed by atoms with Crippen molar-refractivity contribution in [2.24, 2.45) is 5.73 Å². The van der Waals surface area contributed by atoms with Crippen LogP contribution in [-0.2, 0) is 0 Å². The van der Waals surface area contributed by atoms with E-state index in [9.17, 15) is 14.4 Å². The van der Waals surface area contributed by atoms with Crippen LogP contribution in [0.25, 0.3) is 10.9 Å². The summed E-state index contributed by atoms with van der Waals surface area (Å²) in [5, 5.41) is 10.1. The van der Waals surface area contributed by atoms with Crippen LogP contribution in [0.1, 0.15) is 58.6 Å². The van der Waals surface area contributed by atoms with E-state index in [4.69, 9.17) is 10.5 Å². The van der Waals surface area contributed by atoms with E-state index in [2.05, 4.69) is 11.1 Å². The number of rotatable bonds is 4. The number of amides is 1. The molecular weight excluding hydrogens is 381 g/mol. The molecule has 0 aliphatic heterocycles. The van der Waals surface area contributed by atoms with E-state index in [1.165, 1.54) is 6.07 Å². The van der Waals surface area contributed by atoms with Crippen LogP contribution in [0.15, 0.2) is 42.6 Å². The van der Waals surface area contributed by atoms with Crippen LogP contribution >= 0.6 is 0 Å². The summed E-state index contributed by atoms with van der Waals surface area (Å²) in [5.41, 5.74) is 8.16. The van der Waals surface area contributed by atoms with Gasteiger partial charge in [0.2, 0.25) is 5.91 Å². The average Bonchev–Trinajstić information content (AvgIpc) is 2.76. The van der Waals surface area contributed by atoms with Crippen LogP contribution in [-0.4, -0.2) is 17.0 Å². The number of carbonyl (C=O) groups excluding carboxylic acids is 1. The van der Waals surface area contributed by atoms with Gasteiger partial charge < -0.3 is 10.5 Å². The first-order valence-corrected chi connectivity index (χ1v) is 10.0. The Balaban J connectivity index is 1.51. The summed E-state index contributed by atoms with van der Waals surface area (Å²) in [5.74, 6) is -0.124. The van der Waals surface area contributed by atoms with Crippen LogP contribution < -0.4 is 10.5 Å². The first kappa shape index (κ1) is 19.8. The third-order valence-electron chi connectivity index (χ3n) is 5.93. The lowest BCUT2D eigenvalue weighted by molar-refractivity contribution is 0.0999. The number of nitrogens with zero attached hydrogens (tertiary/aromatic N) is 2. The zero-order valence-electron chi connectivity index (χ0n) is 16.7. The van der Waals surface area contributed by atoms with Gasteiger partial charge in [-0.2, -0.15) is 5.26 Å². The van der Waals surface area contributed by atoms with Gasteiger partial charge in [0.25, 0.3) is 0 Å². The lowest BCUT2D eigenvalue weighted by atomic mass is 9.80. The summed E-state index contributed by atoms with van der Waals surface area (Å²) < 4.78 is 20.5. The van der Waals surface area contributed by atoms with Gasteiger partial charge in [-0.05, 0) is 80.0 Å². The zero-order chi connectivity index (χ0) is 21.3. The van der Waals surface area contributed by atoms with E-state index < -0.39 is 11.7 Å². The maximum absolute atomic E-state index is 14.3. The smallest absolute Gasteiger partial charge is 0.248 e. The largest absolute Gasteiger partial charge is 0.490 e. The SMILES string of the molecule is Cc1c(F)cc(C(N)=O)cc1C1CCC(Oc2ccnc3c(C#N)cccc23)CC1. The molecule has 0 bridgehead atoms. The number of hydrogen-bond donors (Lipinski definition) is 1. The van der Waals surface area contributed by atoms with Gasteiger partial charge in [0, 0.05) is 17.1 Å². The molecule has 0 unspecified atom stereocenters. The molecule has 1 aliphatic rings. The molecule has 30 heavy (non-hydrogen) atoms. The number of fused-ring (bicyclic) bond motifs is 1. The highest BCUT2D eigenvalue weighted by atomic mass is 19.1. The molecule has 2 aromatic carbocycles. The van der Waals surface area contributed by atoms with E-state index in [0.29, 0.717) is 16.6 Å². The van der Waals surface area contributed by atoms with Crippen molar-refractivity contribution >= 4 is 16.8 Å². The summed E-state index contributed by atoms with van der Waals surface area (Å²) in [6.07, 6.45) is 4.98. The number of nitriles is 1. The fourth-order valence-electron chi connectivity index (χ4n) is 4.28. The molecule has 1 heterocycles. The second kappa shape index (κ2) is 8.11. The molecule has 0 saturated heterocycles. The van der Waals surface area contributed by atoms with Gasteiger partial charge in [-0.3, -0.25) is 9.78 Å². The van der Waals surface area contributed by atoms with Crippen LogP contribution in [0, 0.1) is 24.1 Å². The lowest BCUT2D eigenvalue weighted by Gasteiger charge is -2.30. The number of para-hydroxylation sites is 1. The second-order valence-electron chi connectivity index (χ2n) is 7.75. The van der Waals surface area contributed by atoms with E-state index in [0.717, 1.165) is 42.4 Å². The average molecular weight is 403 g/mol. The summed E-state index contributed by atoms with van der Waals surface area (Å²) in [6.45, 7) is 1.74. The van der Waals surface area contributed by atoms with E-state index in [1.807, 2.05) is 18.2 Å². The normalized spacial score (nSPS) is 18.7. The van der Waals surface area contributed by atoms with E-state index in [1.54, 1.807) is 25.3 Å². The van der Waals surface area contributed by atoms with Crippen LogP contribution in [0.3, 0.4) is 0 Å². The Morgan fingerprint density at radius 3 is 2.70 bits per heavy atom. The number of pyridine rings is 1. The van der Waals surface area contributed by atoms with Gasteiger partial charge in [0.1, 0.15) is 17.6 Å². The number of halogens is 1. The minimum absolute atomic E-state index is 0.0297. The maximum atomic E-state index is 14.3. The molecule has 1 amide bonds. The summed E-state index contributed by atoms with van der Waals surface area (Å²) in [4.78, 5) is 15.8.